The van der Waals surface area contributed by atoms with Gasteiger partial charge in [-0.1, -0.05) is 48.3 Å². The van der Waals surface area contributed by atoms with Crippen molar-refractivity contribution < 1.29 is 19.5 Å². The first kappa shape index (κ1) is 23.8. The Morgan fingerprint density at radius 2 is 2.00 bits per heavy atom. The molecule has 7 nitrogen and oxygen atoms in total. The van der Waals surface area contributed by atoms with Gasteiger partial charge in [0.1, 0.15) is 6.61 Å². The first-order valence-electron chi connectivity index (χ1n) is 9.91. The van der Waals surface area contributed by atoms with E-state index in [0.717, 1.165) is 22.9 Å². The second kappa shape index (κ2) is 10.2. The van der Waals surface area contributed by atoms with Crippen molar-refractivity contribution in [1.29, 1.82) is 5.41 Å². The summed E-state index contributed by atoms with van der Waals surface area (Å²) in [5.74, 6) is -1.87. The number of amides is 1. The van der Waals surface area contributed by atoms with Gasteiger partial charge in [0.05, 0.1) is 28.1 Å². The van der Waals surface area contributed by atoms with Crippen molar-refractivity contribution in [2.24, 2.45) is 5.92 Å². The van der Waals surface area contributed by atoms with E-state index >= 15 is 0 Å². The van der Waals surface area contributed by atoms with E-state index in [0.29, 0.717) is 17.6 Å². The second-order valence-corrected chi connectivity index (χ2v) is 8.28. The quantitative estimate of drug-likeness (QED) is 0.509. The maximum absolute atomic E-state index is 13.2. The molecule has 0 saturated carbocycles. The van der Waals surface area contributed by atoms with Gasteiger partial charge in [0.2, 0.25) is 0 Å². The first-order valence-corrected chi connectivity index (χ1v) is 10.7. The molecule has 0 radical (unpaired) electrons. The third-order valence-electron chi connectivity index (χ3n) is 5.27. The zero-order valence-corrected chi connectivity index (χ0v) is 19.1. The number of hydrogen-bond acceptors (Lipinski definition) is 5. The van der Waals surface area contributed by atoms with Gasteiger partial charge in [-0.15, -0.1) is 0 Å². The minimum Gasteiger partial charge on any atom is -0.481 e. The molecular weight excluding hydrogens is 453 g/mol. The highest BCUT2D eigenvalue weighted by Crippen LogP contribution is 2.33. The van der Waals surface area contributed by atoms with Crippen LogP contribution in [-0.2, 0) is 29.2 Å². The number of carboxylic acid groups (broad SMARTS) is 1. The lowest BCUT2D eigenvalue weighted by Gasteiger charge is -2.30. The van der Waals surface area contributed by atoms with Crippen molar-refractivity contribution in [2.75, 3.05) is 7.05 Å². The van der Waals surface area contributed by atoms with Gasteiger partial charge in [-0.3, -0.25) is 14.4 Å². The van der Waals surface area contributed by atoms with Gasteiger partial charge in [-0.25, -0.2) is 5.06 Å². The number of fused-ring (bicyclic) bond motifs is 1. The lowest BCUT2D eigenvalue weighted by atomic mass is 9.93. The number of allylic oxidation sites excluding steroid dienone is 1. The third-order valence-corrected chi connectivity index (χ3v) is 5.86. The Bertz CT molecular complexity index is 1080. The summed E-state index contributed by atoms with van der Waals surface area (Å²) in [7, 11) is 1.71. The largest absolute Gasteiger partial charge is 0.481 e. The molecule has 0 unspecified atom stereocenters. The van der Waals surface area contributed by atoms with E-state index in [1.807, 2.05) is 18.2 Å². The molecule has 0 bridgehead atoms. The summed E-state index contributed by atoms with van der Waals surface area (Å²) in [5, 5.41) is 21.1. The van der Waals surface area contributed by atoms with Crippen LogP contribution >= 0.6 is 23.2 Å². The summed E-state index contributed by atoms with van der Waals surface area (Å²) < 4.78 is 0. The van der Waals surface area contributed by atoms with Crippen LogP contribution in [0.5, 0.6) is 0 Å². The first-order chi connectivity index (χ1) is 15.3. The molecule has 0 aliphatic carbocycles. The molecule has 1 amide bonds. The van der Waals surface area contributed by atoms with Crippen molar-refractivity contribution in [3.63, 3.8) is 0 Å². The minimum absolute atomic E-state index is 0.116. The van der Waals surface area contributed by atoms with E-state index in [1.54, 1.807) is 32.3 Å². The van der Waals surface area contributed by atoms with Gasteiger partial charge in [0.25, 0.3) is 5.91 Å². The fourth-order valence-electron chi connectivity index (χ4n) is 3.54. The Morgan fingerprint density at radius 1 is 1.31 bits per heavy atom. The van der Waals surface area contributed by atoms with E-state index in [4.69, 9.17) is 33.4 Å². The van der Waals surface area contributed by atoms with Crippen LogP contribution in [0.4, 0.5) is 0 Å². The molecule has 1 aliphatic heterocycles. The SMILES string of the molecule is CN/C=C(\C=N)c1cc(Cl)c(C(=O)N2Cc3cccc(C[C@H](C)C(=O)O)c3CO2)c(Cl)c1. The average Bonchev–Trinajstić information content (AvgIpc) is 2.76. The number of halogens is 2. The fourth-order valence-corrected chi connectivity index (χ4v) is 4.18. The van der Waals surface area contributed by atoms with E-state index in [1.165, 1.54) is 5.06 Å². The molecule has 0 spiro atoms. The number of carbonyl (C=O) groups excluding carboxylic acids is 1. The van der Waals surface area contributed by atoms with Crippen molar-refractivity contribution in [1.82, 2.24) is 10.4 Å². The van der Waals surface area contributed by atoms with Crippen LogP contribution in [0.15, 0.2) is 36.5 Å². The summed E-state index contributed by atoms with van der Waals surface area (Å²) in [5.41, 5.74) is 3.94. The van der Waals surface area contributed by atoms with Gasteiger partial charge in [-0.05, 0) is 40.8 Å². The van der Waals surface area contributed by atoms with E-state index in [9.17, 15) is 14.7 Å². The molecule has 2 aromatic carbocycles. The number of nitrogens with zero attached hydrogens (tertiary/aromatic N) is 1. The molecule has 0 saturated heterocycles. The molecule has 1 atom stereocenters. The topological polar surface area (TPSA) is 103 Å². The molecule has 3 rings (SSSR count). The Morgan fingerprint density at radius 3 is 2.59 bits per heavy atom. The number of rotatable bonds is 7. The minimum atomic E-state index is -0.861. The molecule has 1 heterocycles. The third kappa shape index (κ3) is 4.96. The van der Waals surface area contributed by atoms with Crippen molar-refractivity contribution in [3.05, 3.63) is 74.4 Å². The van der Waals surface area contributed by atoms with Crippen molar-refractivity contribution in [3.8, 4) is 0 Å². The lowest BCUT2D eigenvalue weighted by molar-refractivity contribution is -0.150. The lowest BCUT2D eigenvalue weighted by Crippen LogP contribution is -2.35. The Labute approximate surface area is 196 Å². The molecule has 32 heavy (non-hydrogen) atoms. The van der Waals surface area contributed by atoms with Gasteiger partial charge < -0.3 is 15.8 Å². The molecule has 0 fully saturated rings. The zero-order chi connectivity index (χ0) is 23.4. The highest BCUT2D eigenvalue weighted by molar-refractivity contribution is 6.40. The maximum atomic E-state index is 13.2. The summed E-state index contributed by atoms with van der Waals surface area (Å²) in [4.78, 5) is 30.1. The number of nitrogens with one attached hydrogen (secondary N) is 2. The summed E-state index contributed by atoms with van der Waals surface area (Å²) in [6.07, 6.45) is 3.17. The van der Waals surface area contributed by atoms with Crippen LogP contribution in [0, 0.1) is 11.3 Å². The summed E-state index contributed by atoms with van der Waals surface area (Å²) in [6, 6.07) is 8.78. The number of carbonyl (C=O) groups is 2. The molecule has 168 valence electrons. The number of benzene rings is 2. The monoisotopic (exact) mass is 475 g/mol. The van der Waals surface area contributed by atoms with Gasteiger partial charge in [0.15, 0.2) is 0 Å². The van der Waals surface area contributed by atoms with Gasteiger partial charge in [0, 0.05) is 25.0 Å². The van der Waals surface area contributed by atoms with E-state index in [2.05, 4.69) is 5.32 Å². The van der Waals surface area contributed by atoms with Crippen molar-refractivity contribution >= 4 is 46.9 Å². The molecular formula is C23H23Cl2N3O4. The van der Waals surface area contributed by atoms with Crippen LogP contribution in [-0.4, -0.2) is 35.3 Å². The fraction of sp³-hybridized carbons (Fsp3) is 0.261. The number of hydrogen-bond donors (Lipinski definition) is 3. The van der Waals surface area contributed by atoms with Crippen LogP contribution in [0.1, 0.15) is 39.5 Å². The Balaban J connectivity index is 1.86. The second-order valence-electron chi connectivity index (χ2n) is 7.46. The van der Waals surface area contributed by atoms with Crippen LogP contribution in [0.3, 0.4) is 0 Å². The predicted octanol–water partition coefficient (Wildman–Crippen LogP) is 4.55. The molecule has 3 N–H and O–H groups in total. The van der Waals surface area contributed by atoms with Gasteiger partial charge in [-0.2, -0.15) is 0 Å². The molecule has 9 heteroatoms. The zero-order valence-electron chi connectivity index (χ0n) is 17.6. The summed E-state index contributed by atoms with van der Waals surface area (Å²) in [6.45, 7) is 1.98. The predicted molar refractivity (Wildman–Crippen MR) is 124 cm³/mol. The van der Waals surface area contributed by atoms with Crippen LogP contribution < -0.4 is 5.32 Å². The normalized spacial score (nSPS) is 14.5. The Hall–Kier alpha value is -2.87. The smallest absolute Gasteiger partial charge is 0.306 e. The number of hydroxylamine groups is 2. The van der Waals surface area contributed by atoms with Crippen LogP contribution in [0.25, 0.3) is 5.57 Å². The number of aliphatic carboxylic acids is 1. The highest BCUT2D eigenvalue weighted by Gasteiger charge is 2.28. The highest BCUT2D eigenvalue weighted by atomic mass is 35.5. The molecule has 2 aromatic rings. The summed E-state index contributed by atoms with van der Waals surface area (Å²) >= 11 is 12.8. The molecule has 1 aliphatic rings. The van der Waals surface area contributed by atoms with Gasteiger partial charge >= 0.3 is 5.97 Å². The standard InChI is InChI=1S/C23H23Cl2N3O4/c1-13(23(30)31)6-14-4-3-5-15-11-28(32-12-18(14)15)22(29)21-19(24)7-16(8-20(21)25)17(9-26)10-27-2/h3-5,7-10,13,26-27H,6,11-12H2,1-2H3,(H,30,31)/b17-10+,26-9?/t13-/m0/s1. The van der Waals surface area contributed by atoms with Crippen LogP contribution in [0.2, 0.25) is 10.0 Å². The van der Waals surface area contributed by atoms with E-state index in [-0.39, 0.29) is 28.8 Å². The Kier molecular flexibility index (Phi) is 7.56. The number of carboxylic acids is 1. The van der Waals surface area contributed by atoms with E-state index < -0.39 is 17.8 Å². The van der Waals surface area contributed by atoms with Crippen molar-refractivity contribution in [2.45, 2.75) is 26.5 Å². The molecule has 0 aromatic heterocycles. The average molecular weight is 476 g/mol. The maximum Gasteiger partial charge on any atom is 0.306 e.